The molecule has 0 heterocycles. The van der Waals surface area contributed by atoms with E-state index in [4.69, 9.17) is 0 Å². The fourth-order valence-electron chi connectivity index (χ4n) is 1.68. The number of ether oxygens (including phenoxy) is 1. The van der Waals surface area contributed by atoms with Gasteiger partial charge < -0.3 is 9.84 Å². The summed E-state index contributed by atoms with van der Waals surface area (Å²) in [4.78, 5) is 32.7. The smallest absolute Gasteiger partial charge is 0.343 e. The summed E-state index contributed by atoms with van der Waals surface area (Å²) in [5.74, 6) is -1.40. The molecule has 1 aromatic carbocycles. The summed E-state index contributed by atoms with van der Waals surface area (Å²) >= 11 is 0. The van der Waals surface area contributed by atoms with Gasteiger partial charge in [-0.2, -0.15) is 0 Å². The lowest BCUT2D eigenvalue weighted by atomic mass is 9.89. The Morgan fingerprint density at radius 1 is 1.37 bits per heavy atom. The van der Waals surface area contributed by atoms with Crippen LogP contribution in [0.25, 0.3) is 0 Å². The second-order valence-corrected chi connectivity index (χ2v) is 4.03. The Kier molecular flexibility index (Phi) is 4.34. The van der Waals surface area contributed by atoms with Crippen molar-refractivity contribution in [1.29, 1.82) is 0 Å². The third-order valence-electron chi connectivity index (χ3n) is 2.58. The average molecular weight is 267 g/mol. The molecule has 0 bridgehead atoms. The number of rotatable bonds is 5. The minimum Gasteiger partial charge on any atom is -0.467 e. The average Bonchev–Trinajstić information content (AvgIpc) is 2.36. The van der Waals surface area contributed by atoms with Crippen molar-refractivity contribution in [3.8, 4) is 0 Å². The van der Waals surface area contributed by atoms with E-state index in [1.54, 1.807) is 0 Å². The fourth-order valence-corrected chi connectivity index (χ4v) is 1.68. The molecule has 7 nitrogen and oxygen atoms in total. The number of ketones is 1. The highest BCUT2D eigenvalue weighted by atomic mass is 16.6. The van der Waals surface area contributed by atoms with Gasteiger partial charge in [-0.25, -0.2) is 4.79 Å². The van der Waals surface area contributed by atoms with Crippen LogP contribution in [0.2, 0.25) is 0 Å². The SMILES string of the molecule is COC(=O)[C@](O)(CC(C)=O)c1ccc([N+](=O)[O-])cc1. The van der Waals surface area contributed by atoms with Crippen LogP contribution >= 0.6 is 0 Å². The number of nitro benzene ring substituents is 1. The molecule has 0 unspecified atom stereocenters. The van der Waals surface area contributed by atoms with Gasteiger partial charge in [0.25, 0.3) is 5.69 Å². The first-order valence-corrected chi connectivity index (χ1v) is 5.36. The van der Waals surface area contributed by atoms with Crippen molar-refractivity contribution in [3.63, 3.8) is 0 Å². The molecule has 102 valence electrons. The Bertz CT molecular complexity index is 509. The predicted octanol–water partition coefficient (Wildman–Crippen LogP) is 0.935. The van der Waals surface area contributed by atoms with E-state index in [2.05, 4.69) is 4.74 Å². The summed E-state index contributed by atoms with van der Waals surface area (Å²) in [6, 6.07) is 4.72. The first kappa shape index (κ1) is 14.8. The van der Waals surface area contributed by atoms with Gasteiger partial charge in [0.1, 0.15) is 5.78 Å². The van der Waals surface area contributed by atoms with Crippen LogP contribution in [-0.2, 0) is 19.9 Å². The molecule has 1 atom stereocenters. The summed E-state index contributed by atoms with van der Waals surface area (Å²) in [7, 11) is 1.08. The minimum absolute atomic E-state index is 0.0696. The number of carbonyl (C=O) groups is 2. The van der Waals surface area contributed by atoms with E-state index in [1.807, 2.05) is 0 Å². The zero-order valence-electron chi connectivity index (χ0n) is 10.5. The van der Waals surface area contributed by atoms with Crippen LogP contribution in [0.3, 0.4) is 0 Å². The molecule has 0 saturated heterocycles. The number of benzene rings is 1. The molecule has 1 N–H and O–H groups in total. The van der Waals surface area contributed by atoms with Gasteiger partial charge in [0.15, 0.2) is 5.60 Å². The maximum atomic E-state index is 11.6. The number of esters is 1. The van der Waals surface area contributed by atoms with Crippen LogP contribution in [0.15, 0.2) is 24.3 Å². The van der Waals surface area contributed by atoms with Gasteiger partial charge in [0, 0.05) is 18.6 Å². The van der Waals surface area contributed by atoms with Crippen molar-refractivity contribution in [2.75, 3.05) is 7.11 Å². The van der Waals surface area contributed by atoms with Gasteiger partial charge in [-0.3, -0.25) is 14.9 Å². The number of Topliss-reactive ketones (excluding diaryl/α,β-unsaturated/α-hetero) is 1. The van der Waals surface area contributed by atoms with Crippen molar-refractivity contribution in [2.45, 2.75) is 18.9 Å². The van der Waals surface area contributed by atoms with Crippen LogP contribution in [0.4, 0.5) is 5.69 Å². The number of carbonyl (C=O) groups excluding carboxylic acids is 2. The molecule has 0 aliphatic rings. The maximum Gasteiger partial charge on any atom is 0.343 e. The van der Waals surface area contributed by atoms with Gasteiger partial charge >= 0.3 is 5.97 Å². The predicted molar refractivity (Wildman–Crippen MR) is 64.3 cm³/mol. The van der Waals surface area contributed by atoms with Crippen LogP contribution in [-0.4, -0.2) is 28.9 Å². The number of hydrogen-bond donors (Lipinski definition) is 1. The second kappa shape index (κ2) is 5.57. The van der Waals surface area contributed by atoms with Gasteiger partial charge in [0.05, 0.1) is 12.0 Å². The molecule has 1 aromatic rings. The molecule has 0 aliphatic heterocycles. The number of methoxy groups -OCH3 is 1. The Hall–Kier alpha value is -2.28. The van der Waals surface area contributed by atoms with Gasteiger partial charge in [-0.05, 0) is 24.6 Å². The largest absolute Gasteiger partial charge is 0.467 e. The highest BCUT2D eigenvalue weighted by Gasteiger charge is 2.40. The zero-order chi connectivity index (χ0) is 14.6. The van der Waals surface area contributed by atoms with Crippen LogP contribution in [0.1, 0.15) is 18.9 Å². The molecule has 0 spiro atoms. The van der Waals surface area contributed by atoms with Crippen molar-refractivity contribution in [1.82, 2.24) is 0 Å². The summed E-state index contributed by atoms with van der Waals surface area (Å²) < 4.78 is 4.47. The topological polar surface area (TPSA) is 107 Å². The van der Waals surface area contributed by atoms with E-state index in [0.717, 1.165) is 19.2 Å². The lowest BCUT2D eigenvalue weighted by Gasteiger charge is -2.24. The van der Waals surface area contributed by atoms with E-state index in [1.165, 1.54) is 19.1 Å². The molecule has 0 amide bonds. The summed E-state index contributed by atoms with van der Waals surface area (Å²) in [5.41, 5.74) is -2.24. The highest BCUT2D eigenvalue weighted by Crippen LogP contribution is 2.28. The Labute approximate surface area is 109 Å². The number of non-ortho nitro benzene ring substituents is 1. The molecule has 19 heavy (non-hydrogen) atoms. The zero-order valence-corrected chi connectivity index (χ0v) is 10.5. The first-order chi connectivity index (χ1) is 8.81. The third kappa shape index (κ3) is 3.14. The molecular formula is C12H13NO6. The van der Waals surface area contributed by atoms with Crippen molar-refractivity contribution >= 4 is 17.4 Å². The van der Waals surface area contributed by atoms with E-state index in [0.29, 0.717) is 0 Å². The lowest BCUT2D eigenvalue weighted by molar-refractivity contribution is -0.384. The number of aliphatic hydroxyl groups is 1. The Balaban J connectivity index is 3.21. The monoisotopic (exact) mass is 267 g/mol. The number of nitrogens with zero attached hydrogens (tertiary/aromatic N) is 1. The Morgan fingerprint density at radius 2 is 1.89 bits per heavy atom. The highest BCUT2D eigenvalue weighted by molar-refractivity contribution is 5.88. The van der Waals surface area contributed by atoms with E-state index in [-0.39, 0.29) is 11.3 Å². The lowest BCUT2D eigenvalue weighted by Crippen LogP contribution is -2.38. The second-order valence-electron chi connectivity index (χ2n) is 4.03. The third-order valence-corrected chi connectivity index (χ3v) is 2.58. The van der Waals surface area contributed by atoms with Crippen LogP contribution in [0, 0.1) is 10.1 Å². The summed E-state index contributed by atoms with van der Waals surface area (Å²) in [5, 5.41) is 20.8. The van der Waals surface area contributed by atoms with Crippen molar-refractivity contribution in [3.05, 3.63) is 39.9 Å². The summed E-state index contributed by atoms with van der Waals surface area (Å²) in [6.07, 6.45) is -0.461. The van der Waals surface area contributed by atoms with Crippen molar-refractivity contribution in [2.24, 2.45) is 0 Å². The molecule has 7 heteroatoms. The number of hydrogen-bond acceptors (Lipinski definition) is 6. The molecule has 0 saturated carbocycles. The maximum absolute atomic E-state index is 11.6. The standard InChI is InChI=1S/C12H13NO6/c1-8(14)7-12(16,11(15)19-2)9-3-5-10(6-4-9)13(17)18/h3-6,16H,7H2,1-2H3/t12-/m0/s1. The van der Waals surface area contributed by atoms with Crippen LogP contribution in [0.5, 0.6) is 0 Å². The van der Waals surface area contributed by atoms with E-state index in [9.17, 15) is 24.8 Å². The van der Waals surface area contributed by atoms with E-state index >= 15 is 0 Å². The van der Waals surface area contributed by atoms with Gasteiger partial charge in [-0.15, -0.1) is 0 Å². The van der Waals surface area contributed by atoms with Crippen LogP contribution < -0.4 is 0 Å². The van der Waals surface area contributed by atoms with Crippen molar-refractivity contribution < 1.29 is 24.4 Å². The summed E-state index contributed by atoms with van der Waals surface area (Å²) in [6.45, 7) is 1.22. The normalized spacial score (nSPS) is 13.4. The van der Waals surface area contributed by atoms with E-state index < -0.39 is 28.7 Å². The molecular weight excluding hydrogens is 254 g/mol. The molecule has 0 fully saturated rings. The Morgan fingerprint density at radius 3 is 2.26 bits per heavy atom. The minimum atomic E-state index is -2.13. The van der Waals surface area contributed by atoms with Gasteiger partial charge in [-0.1, -0.05) is 0 Å². The molecule has 0 aromatic heterocycles. The first-order valence-electron chi connectivity index (χ1n) is 5.36. The quantitative estimate of drug-likeness (QED) is 0.483. The molecule has 1 rings (SSSR count). The molecule has 0 aliphatic carbocycles. The molecule has 0 radical (unpaired) electrons. The van der Waals surface area contributed by atoms with Gasteiger partial charge in [0.2, 0.25) is 0 Å². The fraction of sp³-hybridized carbons (Fsp3) is 0.333. The number of nitro groups is 1.